The number of halogens is 4. The highest BCUT2D eigenvalue weighted by Gasteiger charge is 2.19. The van der Waals surface area contributed by atoms with E-state index in [1.165, 1.54) is 30.3 Å². The lowest BCUT2D eigenvalue weighted by atomic mass is 9.98. The van der Waals surface area contributed by atoms with Gasteiger partial charge in [0, 0.05) is 15.6 Å². The van der Waals surface area contributed by atoms with E-state index in [2.05, 4.69) is 20.7 Å². The summed E-state index contributed by atoms with van der Waals surface area (Å²) >= 11 is 3.22. The normalized spacial score (nSPS) is 12.5. The van der Waals surface area contributed by atoms with Gasteiger partial charge in [0.25, 0.3) is 0 Å². The molecule has 0 amide bonds. The number of rotatable bonds is 4. The largest absolute Gasteiger partial charge is 0.434 e. The molecule has 2 aromatic carbocycles. The Bertz CT molecular complexity index is 607. The van der Waals surface area contributed by atoms with E-state index in [0.717, 1.165) is 0 Å². The third kappa shape index (κ3) is 3.32. The Morgan fingerprint density at radius 2 is 1.75 bits per heavy atom. The highest BCUT2D eigenvalue weighted by molar-refractivity contribution is 9.10. The van der Waals surface area contributed by atoms with Crippen LogP contribution in [-0.2, 0) is 0 Å². The molecule has 0 fully saturated rings. The van der Waals surface area contributed by atoms with E-state index in [9.17, 15) is 13.2 Å². The molecule has 0 saturated carbocycles. The van der Waals surface area contributed by atoms with E-state index < -0.39 is 18.5 Å². The summed E-state index contributed by atoms with van der Waals surface area (Å²) in [6.45, 7) is -2.96. The van der Waals surface area contributed by atoms with E-state index in [-0.39, 0.29) is 11.3 Å². The molecule has 106 valence electrons. The van der Waals surface area contributed by atoms with Crippen molar-refractivity contribution in [2.45, 2.75) is 12.7 Å². The average Bonchev–Trinajstić information content (AvgIpc) is 2.41. The van der Waals surface area contributed by atoms with Crippen molar-refractivity contribution in [1.29, 1.82) is 0 Å². The van der Waals surface area contributed by atoms with Crippen molar-refractivity contribution in [1.82, 2.24) is 0 Å². The summed E-state index contributed by atoms with van der Waals surface area (Å²) in [6.07, 6.45) is 0. The maximum absolute atomic E-state index is 13.8. The Morgan fingerprint density at radius 3 is 2.45 bits per heavy atom. The number of hydrogen-bond acceptors (Lipinski definition) is 2. The summed E-state index contributed by atoms with van der Waals surface area (Å²) in [6, 6.07) is 9.49. The lowest BCUT2D eigenvalue weighted by Crippen LogP contribution is -2.16. The van der Waals surface area contributed by atoms with Crippen molar-refractivity contribution in [3.8, 4) is 5.75 Å². The molecule has 1 unspecified atom stereocenters. The summed E-state index contributed by atoms with van der Waals surface area (Å²) in [4.78, 5) is 0. The first-order valence-corrected chi connectivity index (χ1v) is 6.52. The molecule has 0 aliphatic carbocycles. The fourth-order valence-corrected chi connectivity index (χ4v) is 2.24. The van der Waals surface area contributed by atoms with Crippen LogP contribution in [0.5, 0.6) is 5.75 Å². The third-order valence-corrected chi connectivity index (χ3v) is 3.26. The van der Waals surface area contributed by atoms with Crippen LogP contribution in [0, 0.1) is 5.82 Å². The molecule has 0 heterocycles. The van der Waals surface area contributed by atoms with Gasteiger partial charge in [-0.1, -0.05) is 34.1 Å². The van der Waals surface area contributed by atoms with Gasteiger partial charge in [-0.15, -0.1) is 0 Å². The molecule has 0 spiro atoms. The summed E-state index contributed by atoms with van der Waals surface area (Å²) in [5, 5.41) is 0. The van der Waals surface area contributed by atoms with Gasteiger partial charge in [0.15, 0.2) is 0 Å². The molecule has 0 aromatic heterocycles. The number of para-hydroxylation sites is 1. The molecule has 0 aliphatic heterocycles. The van der Waals surface area contributed by atoms with Gasteiger partial charge in [0.2, 0.25) is 0 Å². The first-order valence-electron chi connectivity index (χ1n) is 5.73. The smallest absolute Gasteiger partial charge is 0.387 e. The standard InChI is InChI=1S/C14H11BrF3NO/c15-8-5-6-11(16)10(7-8)13(19)9-3-1-2-4-12(9)20-14(17)18/h1-7,13-14H,19H2. The zero-order chi connectivity index (χ0) is 14.7. The van der Waals surface area contributed by atoms with Crippen LogP contribution >= 0.6 is 15.9 Å². The van der Waals surface area contributed by atoms with E-state index in [1.807, 2.05) is 0 Å². The van der Waals surface area contributed by atoms with Crippen LogP contribution < -0.4 is 10.5 Å². The number of hydrogen-bond donors (Lipinski definition) is 1. The topological polar surface area (TPSA) is 35.2 Å². The van der Waals surface area contributed by atoms with Crippen LogP contribution in [0.3, 0.4) is 0 Å². The lowest BCUT2D eigenvalue weighted by molar-refractivity contribution is -0.0505. The molecule has 0 radical (unpaired) electrons. The van der Waals surface area contributed by atoms with Crippen molar-refractivity contribution < 1.29 is 17.9 Å². The molecule has 2 nitrogen and oxygen atoms in total. The zero-order valence-electron chi connectivity index (χ0n) is 10.2. The van der Waals surface area contributed by atoms with Gasteiger partial charge in [0.05, 0.1) is 6.04 Å². The number of alkyl halides is 2. The molecular weight excluding hydrogens is 335 g/mol. The molecule has 6 heteroatoms. The monoisotopic (exact) mass is 345 g/mol. The lowest BCUT2D eigenvalue weighted by Gasteiger charge is -2.17. The minimum absolute atomic E-state index is 0.0608. The third-order valence-electron chi connectivity index (χ3n) is 2.76. The molecule has 0 aliphatic rings. The maximum Gasteiger partial charge on any atom is 0.387 e. The Morgan fingerprint density at radius 1 is 1.05 bits per heavy atom. The Labute approximate surface area is 122 Å². The Hall–Kier alpha value is -1.53. The number of nitrogens with two attached hydrogens (primary N) is 1. The van der Waals surface area contributed by atoms with Gasteiger partial charge in [-0.05, 0) is 24.3 Å². The second-order valence-corrected chi connectivity index (χ2v) is 4.98. The second-order valence-electron chi connectivity index (χ2n) is 4.06. The summed E-state index contributed by atoms with van der Waals surface area (Å²) in [5.41, 5.74) is 6.47. The molecule has 0 bridgehead atoms. The molecule has 2 N–H and O–H groups in total. The maximum atomic E-state index is 13.8. The van der Waals surface area contributed by atoms with Crippen LogP contribution in [0.1, 0.15) is 17.2 Å². The van der Waals surface area contributed by atoms with Gasteiger partial charge in [-0.3, -0.25) is 0 Å². The molecule has 2 aromatic rings. The van der Waals surface area contributed by atoms with Crippen LogP contribution in [0.2, 0.25) is 0 Å². The summed E-state index contributed by atoms with van der Waals surface area (Å²) in [5.74, 6) is -0.568. The first kappa shape index (κ1) is 14.9. The van der Waals surface area contributed by atoms with Crippen molar-refractivity contribution in [2.75, 3.05) is 0 Å². The van der Waals surface area contributed by atoms with Crippen molar-refractivity contribution in [3.63, 3.8) is 0 Å². The highest BCUT2D eigenvalue weighted by Crippen LogP contribution is 2.31. The highest BCUT2D eigenvalue weighted by atomic mass is 79.9. The molecule has 20 heavy (non-hydrogen) atoms. The quantitative estimate of drug-likeness (QED) is 0.899. The SMILES string of the molecule is NC(c1cc(Br)ccc1F)c1ccccc1OC(F)F. The summed E-state index contributed by atoms with van der Waals surface area (Å²) in [7, 11) is 0. The van der Waals surface area contributed by atoms with Gasteiger partial charge in [0.1, 0.15) is 11.6 Å². The van der Waals surface area contributed by atoms with Gasteiger partial charge in [-0.25, -0.2) is 4.39 Å². The van der Waals surface area contributed by atoms with Crippen molar-refractivity contribution in [3.05, 3.63) is 63.9 Å². The number of ether oxygens (including phenoxy) is 1. The predicted octanol–water partition coefficient (Wildman–Crippen LogP) is 4.24. The van der Waals surface area contributed by atoms with Crippen molar-refractivity contribution >= 4 is 15.9 Å². The van der Waals surface area contributed by atoms with Gasteiger partial charge < -0.3 is 10.5 Å². The number of benzene rings is 2. The Kier molecular flexibility index (Phi) is 4.67. The van der Waals surface area contributed by atoms with E-state index >= 15 is 0 Å². The van der Waals surface area contributed by atoms with Crippen LogP contribution in [0.4, 0.5) is 13.2 Å². The summed E-state index contributed by atoms with van der Waals surface area (Å²) < 4.78 is 43.6. The molecule has 0 saturated heterocycles. The van der Waals surface area contributed by atoms with Gasteiger partial charge in [-0.2, -0.15) is 8.78 Å². The zero-order valence-corrected chi connectivity index (χ0v) is 11.8. The van der Waals surface area contributed by atoms with Crippen molar-refractivity contribution in [2.24, 2.45) is 5.73 Å². The van der Waals surface area contributed by atoms with Crippen LogP contribution in [-0.4, -0.2) is 6.61 Å². The fourth-order valence-electron chi connectivity index (χ4n) is 1.86. The average molecular weight is 346 g/mol. The van der Waals surface area contributed by atoms with Crippen LogP contribution in [0.25, 0.3) is 0 Å². The predicted molar refractivity (Wildman–Crippen MR) is 73.2 cm³/mol. The van der Waals surface area contributed by atoms with Gasteiger partial charge >= 0.3 is 6.61 Å². The van der Waals surface area contributed by atoms with E-state index in [1.54, 1.807) is 12.1 Å². The van der Waals surface area contributed by atoms with E-state index in [0.29, 0.717) is 10.0 Å². The fraction of sp³-hybridized carbons (Fsp3) is 0.143. The molecule has 1 atom stereocenters. The Balaban J connectivity index is 2.42. The minimum atomic E-state index is -2.96. The first-order chi connectivity index (χ1) is 9.49. The van der Waals surface area contributed by atoms with E-state index in [4.69, 9.17) is 5.73 Å². The second kappa shape index (κ2) is 6.28. The molecule has 2 rings (SSSR count). The van der Waals surface area contributed by atoms with Crippen LogP contribution in [0.15, 0.2) is 46.9 Å². The minimum Gasteiger partial charge on any atom is -0.434 e. The molecular formula is C14H11BrF3NO.